The monoisotopic (exact) mass is 325 g/mol. The molecule has 1 atom stereocenters. The number of hydrogen-bond donors (Lipinski definition) is 1. The molecule has 1 N–H and O–H groups in total. The van der Waals surface area contributed by atoms with Gasteiger partial charge in [0.1, 0.15) is 5.75 Å². The van der Waals surface area contributed by atoms with Crippen LogP contribution in [0.5, 0.6) is 5.75 Å². The molecular formula is C12H15BrF3NO. The van der Waals surface area contributed by atoms with Crippen LogP contribution >= 0.6 is 15.9 Å². The summed E-state index contributed by atoms with van der Waals surface area (Å²) in [6.45, 7) is 3.27. The number of benzene rings is 1. The lowest BCUT2D eigenvalue weighted by Crippen LogP contribution is -2.22. The van der Waals surface area contributed by atoms with E-state index in [1.54, 1.807) is 18.2 Å². The Morgan fingerprint density at radius 1 is 1.39 bits per heavy atom. The quantitative estimate of drug-likeness (QED) is 0.881. The molecular weight excluding hydrogens is 311 g/mol. The van der Waals surface area contributed by atoms with Crippen molar-refractivity contribution in [1.29, 1.82) is 0 Å². The molecule has 0 heterocycles. The zero-order chi connectivity index (χ0) is 13.8. The van der Waals surface area contributed by atoms with Gasteiger partial charge in [-0.1, -0.05) is 28.9 Å². The Hall–Kier alpha value is -0.750. The summed E-state index contributed by atoms with van der Waals surface area (Å²) in [5.74, 6) is 0.246. The molecule has 0 aliphatic rings. The Bertz CT molecular complexity index is 395. The van der Waals surface area contributed by atoms with E-state index >= 15 is 0 Å². The normalized spacial score (nSPS) is 13.4. The largest absolute Gasteiger partial charge is 0.484 e. The molecule has 0 radical (unpaired) electrons. The fraction of sp³-hybridized carbons (Fsp3) is 0.500. The van der Waals surface area contributed by atoms with Crippen LogP contribution in [0.4, 0.5) is 13.2 Å². The van der Waals surface area contributed by atoms with E-state index in [0.29, 0.717) is 10.0 Å². The predicted octanol–water partition coefficient (Wildman–Crippen LogP) is 4.06. The van der Waals surface area contributed by atoms with Gasteiger partial charge in [0.05, 0.1) is 0 Å². The highest BCUT2D eigenvalue weighted by atomic mass is 79.9. The third-order valence-electron chi connectivity index (χ3n) is 2.34. The first-order valence-corrected chi connectivity index (χ1v) is 6.35. The molecule has 0 saturated carbocycles. The smallest absolute Gasteiger partial charge is 0.422 e. The maximum absolute atomic E-state index is 12.2. The fourth-order valence-electron chi connectivity index (χ4n) is 1.57. The molecule has 0 amide bonds. The number of alkyl halides is 3. The third kappa shape index (κ3) is 4.86. The summed E-state index contributed by atoms with van der Waals surface area (Å²) in [6.07, 6.45) is -4.33. The number of rotatable bonds is 5. The zero-order valence-electron chi connectivity index (χ0n) is 10.1. The standard InChI is InChI=1S/C12H15BrF3NO/c1-3-17-8(2)10-5-4-9(13)6-11(10)18-7-12(14,15)16/h4-6,8,17H,3,7H2,1-2H3. The second kappa shape index (κ2) is 6.43. The van der Waals surface area contributed by atoms with Gasteiger partial charge in [-0.25, -0.2) is 0 Å². The first kappa shape index (κ1) is 15.3. The summed E-state index contributed by atoms with van der Waals surface area (Å²) in [7, 11) is 0. The van der Waals surface area contributed by atoms with Gasteiger partial charge in [0.15, 0.2) is 6.61 Å². The highest BCUT2D eigenvalue weighted by molar-refractivity contribution is 9.10. The van der Waals surface area contributed by atoms with Crippen LogP contribution in [0.3, 0.4) is 0 Å². The van der Waals surface area contributed by atoms with Crippen molar-refractivity contribution in [2.45, 2.75) is 26.1 Å². The molecule has 2 nitrogen and oxygen atoms in total. The van der Waals surface area contributed by atoms with Crippen LogP contribution in [-0.2, 0) is 0 Å². The lowest BCUT2D eigenvalue weighted by Gasteiger charge is -2.18. The second-order valence-electron chi connectivity index (χ2n) is 3.87. The van der Waals surface area contributed by atoms with Gasteiger partial charge in [-0.15, -0.1) is 0 Å². The van der Waals surface area contributed by atoms with Crippen molar-refractivity contribution in [1.82, 2.24) is 5.32 Å². The lowest BCUT2D eigenvalue weighted by atomic mass is 10.1. The Morgan fingerprint density at radius 3 is 2.61 bits per heavy atom. The van der Waals surface area contributed by atoms with E-state index in [1.807, 2.05) is 13.8 Å². The Balaban J connectivity index is 2.89. The topological polar surface area (TPSA) is 21.3 Å². The van der Waals surface area contributed by atoms with Gasteiger partial charge in [-0.2, -0.15) is 13.2 Å². The van der Waals surface area contributed by atoms with E-state index in [1.165, 1.54) is 0 Å². The lowest BCUT2D eigenvalue weighted by molar-refractivity contribution is -0.153. The molecule has 0 bridgehead atoms. The molecule has 1 rings (SSSR count). The predicted molar refractivity (Wildman–Crippen MR) is 67.8 cm³/mol. The highest BCUT2D eigenvalue weighted by Crippen LogP contribution is 2.30. The van der Waals surface area contributed by atoms with E-state index in [-0.39, 0.29) is 11.8 Å². The van der Waals surface area contributed by atoms with Gasteiger partial charge >= 0.3 is 6.18 Å². The molecule has 0 aliphatic heterocycles. The summed E-state index contributed by atoms with van der Waals surface area (Å²) < 4.78 is 42.1. The molecule has 0 saturated heterocycles. The first-order chi connectivity index (χ1) is 8.33. The Morgan fingerprint density at radius 2 is 2.06 bits per heavy atom. The first-order valence-electron chi connectivity index (χ1n) is 5.56. The molecule has 102 valence electrons. The third-order valence-corrected chi connectivity index (χ3v) is 2.84. The van der Waals surface area contributed by atoms with Crippen molar-refractivity contribution < 1.29 is 17.9 Å². The number of halogens is 4. The Labute approximate surface area is 113 Å². The molecule has 1 aromatic rings. The summed E-state index contributed by atoms with van der Waals surface area (Å²) in [5, 5.41) is 3.14. The van der Waals surface area contributed by atoms with Crippen LogP contribution in [0.1, 0.15) is 25.5 Å². The van der Waals surface area contributed by atoms with E-state index < -0.39 is 12.8 Å². The average molecular weight is 326 g/mol. The molecule has 6 heteroatoms. The fourth-order valence-corrected chi connectivity index (χ4v) is 1.91. The van der Waals surface area contributed by atoms with Crippen molar-refractivity contribution >= 4 is 15.9 Å². The Kier molecular flexibility index (Phi) is 5.47. The average Bonchev–Trinajstić information content (AvgIpc) is 2.25. The van der Waals surface area contributed by atoms with E-state index in [0.717, 1.165) is 6.54 Å². The van der Waals surface area contributed by atoms with E-state index in [9.17, 15) is 13.2 Å². The van der Waals surface area contributed by atoms with Gasteiger partial charge in [0, 0.05) is 16.1 Å². The van der Waals surface area contributed by atoms with Gasteiger partial charge < -0.3 is 10.1 Å². The van der Waals surface area contributed by atoms with Crippen LogP contribution in [0.15, 0.2) is 22.7 Å². The minimum absolute atomic E-state index is 0.0636. The second-order valence-corrected chi connectivity index (χ2v) is 4.78. The van der Waals surface area contributed by atoms with Gasteiger partial charge in [0.2, 0.25) is 0 Å². The van der Waals surface area contributed by atoms with Crippen molar-refractivity contribution in [3.05, 3.63) is 28.2 Å². The summed E-state index contributed by atoms with van der Waals surface area (Å²) in [4.78, 5) is 0. The van der Waals surface area contributed by atoms with E-state index in [2.05, 4.69) is 21.2 Å². The minimum Gasteiger partial charge on any atom is -0.484 e. The minimum atomic E-state index is -4.33. The van der Waals surface area contributed by atoms with Crippen molar-refractivity contribution in [3.63, 3.8) is 0 Å². The summed E-state index contributed by atoms with van der Waals surface area (Å²) >= 11 is 3.22. The van der Waals surface area contributed by atoms with Gasteiger partial charge in [-0.05, 0) is 25.6 Å². The van der Waals surface area contributed by atoms with Crippen LogP contribution < -0.4 is 10.1 Å². The molecule has 18 heavy (non-hydrogen) atoms. The van der Waals surface area contributed by atoms with Crippen molar-refractivity contribution in [2.24, 2.45) is 0 Å². The van der Waals surface area contributed by atoms with Crippen molar-refractivity contribution in [3.8, 4) is 5.75 Å². The van der Waals surface area contributed by atoms with Crippen LogP contribution in [0, 0.1) is 0 Å². The molecule has 0 fully saturated rings. The highest BCUT2D eigenvalue weighted by Gasteiger charge is 2.29. The van der Waals surface area contributed by atoms with Gasteiger partial charge in [-0.3, -0.25) is 0 Å². The zero-order valence-corrected chi connectivity index (χ0v) is 11.7. The molecule has 0 aromatic heterocycles. The van der Waals surface area contributed by atoms with Crippen LogP contribution in [0.2, 0.25) is 0 Å². The number of nitrogens with one attached hydrogen (secondary N) is 1. The maximum atomic E-state index is 12.2. The van der Waals surface area contributed by atoms with Crippen LogP contribution in [0.25, 0.3) is 0 Å². The van der Waals surface area contributed by atoms with Crippen molar-refractivity contribution in [2.75, 3.05) is 13.2 Å². The molecule has 0 spiro atoms. The van der Waals surface area contributed by atoms with Gasteiger partial charge in [0.25, 0.3) is 0 Å². The maximum Gasteiger partial charge on any atom is 0.422 e. The van der Waals surface area contributed by atoms with E-state index in [4.69, 9.17) is 4.74 Å². The number of ether oxygens (including phenoxy) is 1. The molecule has 1 unspecified atom stereocenters. The SMILES string of the molecule is CCNC(C)c1ccc(Br)cc1OCC(F)(F)F. The number of hydrogen-bond acceptors (Lipinski definition) is 2. The van der Waals surface area contributed by atoms with Crippen LogP contribution in [-0.4, -0.2) is 19.3 Å². The summed E-state index contributed by atoms with van der Waals surface area (Å²) in [6, 6.07) is 5.02. The molecule has 0 aliphatic carbocycles. The summed E-state index contributed by atoms with van der Waals surface area (Å²) in [5.41, 5.74) is 0.712. The molecule has 1 aromatic carbocycles.